The van der Waals surface area contributed by atoms with Crippen LogP contribution in [0.4, 0.5) is 0 Å². The van der Waals surface area contributed by atoms with Crippen molar-refractivity contribution >= 4 is 16.3 Å². The minimum atomic E-state index is 0. The van der Waals surface area contributed by atoms with E-state index in [2.05, 4.69) is 79.2 Å². The van der Waals surface area contributed by atoms with Gasteiger partial charge in [0, 0.05) is 32.6 Å². The molecule has 3 aromatic carbocycles. The summed E-state index contributed by atoms with van der Waals surface area (Å²) in [6.45, 7) is 0. The van der Waals surface area contributed by atoms with Gasteiger partial charge in [-0.15, -0.1) is 0 Å². The maximum atomic E-state index is 2.23. The molecule has 0 saturated carbocycles. The van der Waals surface area contributed by atoms with Crippen LogP contribution >= 0.6 is 0 Å². The van der Waals surface area contributed by atoms with E-state index in [1.807, 2.05) is 0 Å². The quantitative estimate of drug-likeness (QED) is 0.598. The van der Waals surface area contributed by atoms with E-state index in [0.717, 1.165) is 0 Å². The van der Waals surface area contributed by atoms with Crippen LogP contribution in [0.5, 0.6) is 0 Å². The van der Waals surface area contributed by atoms with Gasteiger partial charge < -0.3 is 0 Å². The molecule has 1 aliphatic carbocycles. The van der Waals surface area contributed by atoms with Crippen molar-refractivity contribution in [1.82, 2.24) is 0 Å². The Kier molecular flexibility index (Phi) is 3.72. The number of hydrogen-bond acceptors (Lipinski definition) is 0. The average Bonchev–Trinajstić information content (AvgIpc) is 2.90. The van der Waals surface area contributed by atoms with E-state index < -0.39 is 0 Å². The zero-order valence-electron chi connectivity index (χ0n) is 11.0. The van der Waals surface area contributed by atoms with Gasteiger partial charge in [-0.1, -0.05) is 72.8 Å². The van der Waals surface area contributed by atoms with Crippen molar-refractivity contribution in [3.8, 4) is 0 Å². The Bertz CT molecular complexity index is 794. The number of benzene rings is 3. The fourth-order valence-electron chi connectivity index (χ4n) is 2.85. The molecule has 0 unspecified atom stereocenters. The summed E-state index contributed by atoms with van der Waals surface area (Å²) in [6, 6.07) is 23.7. The number of allylic oxidation sites excluding steroid dienone is 1. The molecule has 1 aliphatic rings. The first kappa shape index (κ1) is 13.5. The van der Waals surface area contributed by atoms with Crippen molar-refractivity contribution in [1.29, 1.82) is 0 Å². The molecular weight excluding hydrogens is 319 g/mol. The summed E-state index contributed by atoms with van der Waals surface area (Å²) < 4.78 is 0. The molecule has 0 aliphatic heterocycles. The van der Waals surface area contributed by atoms with Gasteiger partial charge in [0.1, 0.15) is 0 Å². The van der Waals surface area contributed by atoms with Crippen molar-refractivity contribution in [3.05, 3.63) is 95.9 Å². The van der Waals surface area contributed by atoms with E-state index in [9.17, 15) is 0 Å². The van der Waals surface area contributed by atoms with Gasteiger partial charge in [0.2, 0.25) is 0 Å². The summed E-state index contributed by atoms with van der Waals surface area (Å²) in [7, 11) is 0. The van der Waals surface area contributed by atoms with Crippen LogP contribution in [0.15, 0.2) is 72.8 Å². The molecule has 1 radical (unpaired) electrons. The van der Waals surface area contributed by atoms with Crippen molar-refractivity contribution in [3.63, 3.8) is 0 Å². The summed E-state index contributed by atoms with van der Waals surface area (Å²) >= 11 is 0. The summed E-state index contributed by atoms with van der Waals surface area (Å²) in [5.74, 6) is 0. The van der Waals surface area contributed by atoms with Crippen LogP contribution in [0.2, 0.25) is 0 Å². The second kappa shape index (κ2) is 5.50. The first-order valence-corrected chi connectivity index (χ1v) is 6.56. The molecule has 93 valence electrons. The van der Waals surface area contributed by atoms with Gasteiger partial charge in [0.05, 0.1) is 0 Å². The minimum Gasteiger partial charge on any atom is -0.0675 e. The van der Waals surface area contributed by atoms with E-state index in [4.69, 9.17) is 0 Å². The normalized spacial score (nSPS) is 12.7. The predicted octanol–water partition coefficient (Wildman–Crippen LogP) is 4.83. The minimum absolute atomic E-state index is 0. The van der Waals surface area contributed by atoms with E-state index >= 15 is 0 Å². The Balaban J connectivity index is 0.00000121. The topological polar surface area (TPSA) is 0 Å². The number of fused-ring (bicyclic) bond motifs is 2. The van der Waals surface area contributed by atoms with Gasteiger partial charge >= 0.3 is 0 Å². The predicted molar refractivity (Wildman–Crippen MR) is 80.9 cm³/mol. The van der Waals surface area contributed by atoms with Gasteiger partial charge in [-0.05, 0) is 33.0 Å². The van der Waals surface area contributed by atoms with E-state index in [0.29, 0.717) is 0 Å². The molecular formula is C19H13Zr. The Morgan fingerprint density at radius 2 is 1.30 bits per heavy atom. The molecule has 1 heteroatoms. The zero-order chi connectivity index (χ0) is 12.7. The van der Waals surface area contributed by atoms with Crippen LogP contribution in [0, 0.1) is 6.42 Å². The monoisotopic (exact) mass is 331 g/mol. The molecule has 3 aromatic rings. The molecule has 0 bridgehead atoms. The standard InChI is InChI=1S/C19H13.Zr/c1-3-9-16-14(6-1)8-5-11-18(16)19-13-12-15-7-2-4-10-17(15)19;/h1-13H;. The molecule has 0 saturated heterocycles. The van der Waals surface area contributed by atoms with Crippen molar-refractivity contribution in [2.24, 2.45) is 0 Å². The summed E-state index contributed by atoms with van der Waals surface area (Å²) in [4.78, 5) is 0. The molecule has 0 spiro atoms. The number of rotatable bonds is 1. The Morgan fingerprint density at radius 1 is 0.600 bits per heavy atom. The van der Waals surface area contributed by atoms with E-state index in [1.54, 1.807) is 0 Å². The Morgan fingerprint density at radius 3 is 2.25 bits per heavy atom. The van der Waals surface area contributed by atoms with Crippen LogP contribution in [0.3, 0.4) is 0 Å². The molecule has 20 heavy (non-hydrogen) atoms. The van der Waals surface area contributed by atoms with Crippen molar-refractivity contribution < 1.29 is 26.2 Å². The van der Waals surface area contributed by atoms with E-state index in [-0.39, 0.29) is 26.2 Å². The van der Waals surface area contributed by atoms with Gasteiger partial charge in [-0.25, -0.2) is 0 Å². The Hall–Kier alpha value is -1.46. The van der Waals surface area contributed by atoms with Gasteiger partial charge in [0.25, 0.3) is 0 Å². The first-order valence-electron chi connectivity index (χ1n) is 6.56. The smallest absolute Gasteiger partial charge is 0.0138 e. The summed E-state index contributed by atoms with van der Waals surface area (Å²) in [5.41, 5.74) is 5.29. The summed E-state index contributed by atoms with van der Waals surface area (Å²) in [5, 5.41) is 2.62. The van der Waals surface area contributed by atoms with Crippen LogP contribution in [0.25, 0.3) is 16.3 Å². The molecule has 0 N–H and O–H groups in total. The van der Waals surface area contributed by atoms with Crippen LogP contribution in [0.1, 0.15) is 16.7 Å². The van der Waals surface area contributed by atoms with Crippen LogP contribution in [-0.2, 0) is 26.2 Å². The number of hydrogen-bond donors (Lipinski definition) is 0. The maximum absolute atomic E-state index is 2.23. The van der Waals surface area contributed by atoms with Gasteiger partial charge in [-0.3, -0.25) is 0 Å². The third kappa shape index (κ3) is 2.11. The third-order valence-corrected chi connectivity index (χ3v) is 3.76. The average molecular weight is 333 g/mol. The second-order valence-corrected chi connectivity index (χ2v) is 4.86. The Labute approximate surface area is 138 Å². The summed E-state index contributed by atoms with van der Waals surface area (Å²) in [6.07, 6.45) is 4.43. The molecule has 0 atom stereocenters. The largest absolute Gasteiger partial charge is 0.0675 e. The van der Waals surface area contributed by atoms with Crippen LogP contribution in [-0.4, -0.2) is 0 Å². The maximum Gasteiger partial charge on any atom is 0.0138 e. The first-order chi connectivity index (χ1) is 9.43. The van der Waals surface area contributed by atoms with Crippen molar-refractivity contribution in [2.75, 3.05) is 0 Å². The fraction of sp³-hybridized carbons (Fsp3) is 0. The third-order valence-electron chi connectivity index (χ3n) is 3.76. The fourth-order valence-corrected chi connectivity index (χ4v) is 2.85. The molecule has 0 heterocycles. The van der Waals surface area contributed by atoms with Crippen molar-refractivity contribution in [2.45, 2.75) is 0 Å². The van der Waals surface area contributed by atoms with Gasteiger partial charge in [-0.2, -0.15) is 0 Å². The van der Waals surface area contributed by atoms with Crippen LogP contribution < -0.4 is 0 Å². The molecule has 0 amide bonds. The second-order valence-electron chi connectivity index (χ2n) is 4.86. The molecule has 0 fully saturated rings. The molecule has 0 aromatic heterocycles. The molecule has 0 nitrogen and oxygen atoms in total. The zero-order valence-corrected chi connectivity index (χ0v) is 13.5. The SMILES string of the molecule is [CH]1C=C(c2cccc3ccccc23)c2ccccc21.[Zr]. The van der Waals surface area contributed by atoms with E-state index in [1.165, 1.54) is 33.0 Å². The molecule has 4 rings (SSSR count). The van der Waals surface area contributed by atoms with Gasteiger partial charge in [0.15, 0.2) is 0 Å².